The highest BCUT2D eigenvalue weighted by Crippen LogP contribution is 2.28. The number of aromatic nitrogens is 3. The molecule has 3 aromatic heterocycles. The number of nitrogens with one attached hydrogen (secondary N) is 1. The van der Waals surface area contributed by atoms with Crippen LogP contribution in [0.1, 0.15) is 41.2 Å². The third-order valence-corrected chi connectivity index (χ3v) is 7.32. The van der Waals surface area contributed by atoms with Gasteiger partial charge in [-0.3, -0.25) is 19.8 Å². The van der Waals surface area contributed by atoms with Crippen LogP contribution in [0.15, 0.2) is 16.5 Å². The average Bonchev–Trinajstić information content (AvgIpc) is 3.21. The molecule has 1 fully saturated rings. The van der Waals surface area contributed by atoms with Crippen LogP contribution >= 0.6 is 22.7 Å². The van der Waals surface area contributed by atoms with Crippen LogP contribution in [-0.4, -0.2) is 38.4 Å². The van der Waals surface area contributed by atoms with Crippen LogP contribution in [0.2, 0.25) is 0 Å². The van der Waals surface area contributed by atoms with E-state index in [9.17, 15) is 9.59 Å². The summed E-state index contributed by atoms with van der Waals surface area (Å²) in [7, 11) is 1.66. The highest BCUT2D eigenvalue weighted by molar-refractivity contribution is 7.21. The fourth-order valence-corrected chi connectivity index (χ4v) is 5.90. The molecule has 0 radical (unpaired) electrons. The Balaban J connectivity index is 1.48. The number of anilines is 1. The highest BCUT2D eigenvalue weighted by atomic mass is 32.1. The lowest BCUT2D eigenvalue weighted by atomic mass is 9.92. The van der Waals surface area contributed by atoms with E-state index in [0.717, 1.165) is 25.3 Å². The number of thiazole rings is 1. The number of aryl methyl sites for hydroxylation is 2. The minimum Gasteiger partial charge on any atom is -0.302 e. The van der Waals surface area contributed by atoms with Crippen molar-refractivity contribution < 1.29 is 4.79 Å². The minimum absolute atomic E-state index is 0.135. The molecule has 1 saturated heterocycles. The van der Waals surface area contributed by atoms with E-state index in [2.05, 4.69) is 34.0 Å². The molecule has 154 valence electrons. The summed E-state index contributed by atoms with van der Waals surface area (Å²) >= 11 is 2.68. The lowest BCUT2D eigenvalue weighted by Gasteiger charge is -2.34. The smallest absolute Gasteiger partial charge is 0.267 e. The van der Waals surface area contributed by atoms with Crippen LogP contribution in [-0.2, 0) is 13.6 Å². The summed E-state index contributed by atoms with van der Waals surface area (Å²) in [5.74, 6) is 1.16. The Hall–Kier alpha value is -2.10. The van der Waals surface area contributed by atoms with Crippen molar-refractivity contribution in [2.75, 3.05) is 18.4 Å². The van der Waals surface area contributed by atoms with Gasteiger partial charge in [-0.1, -0.05) is 13.8 Å². The molecule has 1 aliphatic heterocycles. The van der Waals surface area contributed by atoms with Crippen LogP contribution in [0.5, 0.6) is 0 Å². The van der Waals surface area contributed by atoms with Gasteiger partial charge in [0.15, 0.2) is 5.13 Å². The van der Waals surface area contributed by atoms with Gasteiger partial charge in [0.1, 0.15) is 4.83 Å². The second kappa shape index (κ2) is 7.97. The van der Waals surface area contributed by atoms with E-state index >= 15 is 0 Å². The zero-order valence-electron chi connectivity index (χ0n) is 17.1. The van der Waals surface area contributed by atoms with Crippen molar-refractivity contribution in [2.45, 2.75) is 33.7 Å². The van der Waals surface area contributed by atoms with Gasteiger partial charge in [0.2, 0.25) is 0 Å². The second-order valence-corrected chi connectivity index (χ2v) is 9.99. The molecular formula is C20H25N5O2S2. The summed E-state index contributed by atoms with van der Waals surface area (Å²) in [5, 5.41) is 6.00. The van der Waals surface area contributed by atoms with E-state index in [1.54, 1.807) is 14.0 Å². The summed E-state index contributed by atoms with van der Waals surface area (Å²) in [6, 6.07) is 0. The summed E-state index contributed by atoms with van der Waals surface area (Å²) in [6.07, 6.45) is 2.76. The quantitative estimate of drug-likeness (QED) is 0.684. The van der Waals surface area contributed by atoms with E-state index in [0.29, 0.717) is 37.6 Å². The molecule has 3 aromatic rings. The SMILES string of the molecule is Cc1c(C(=O)Nc2nc(CN3C[C@H](C)C[C@@H](C)C3)cs2)sc2ncn(C)c(=O)c12. The summed E-state index contributed by atoms with van der Waals surface area (Å²) < 4.78 is 1.43. The third kappa shape index (κ3) is 4.12. The van der Waals surface area contributed by atoms with Crippen LogP contribution in [0, 0.1) is 18.8 Å². The Morgan fingerprint density at radius 1 is 1.31 bits per heavy atom. The van der Waals surface area contributed by atoms with Gasteiger partial charge in [-0.05, 0) is 30.7 Å². The molecule has 1 N–H and O–H groups in total. The van der Waals surface area contributed by atoms with Gasteiger partial charge < -0.3 is 4.57 Å². The maximum atomic E-state index is 12.8. The van der Waals surface area contributed by atoms with Crippen LogP contribution < -0.4 is 10.9 Å². The molecule has 29 heavy (non-hydrogen) atoms. The Morgan fingerprint density at radius 3 is 2.76 bits per heavy atom. The highest BCUT2D eigenvalue weighted by Gasteiger charge is 2.23. The van der Waals surface area contributed by atoms with Gasteiger partial charge in [-0.25, -0.2) is 9.97 Å². The largest absolute Gasteiger partial charge is 0.302 e. The lowest BCUT2D eigenvalue weighted by molar-refractivity contribution is 0.103. The third-order valence-electron chi connectivity index (χ3n) is 5.32. The van der Waals surface area contributed by atoms with E-state index in [4.69, 9.17) is 0 Å². The molecule has 4 rings (SSSR count). The molecule has 0 saturated carbocycles. The maximum Gasteiger partial charge on any atom is 0.267 e. The van der Waals surface area contributed by atoms with Crippen LogP contribution in [0.3, 0.4) is 0 Å². The molecule has 0 spiro atoms. The topological polar surface area (TPSA) is 80.1 Å². The summed E-state index contributed by atoms with van der Waals surface area (Å²) in [6.45, 7) is 9.38. The Bertz CT molecular complexity index is 1110. The first-order valence-corrected chi connectivity index (χ1v) is 11.4. The number of nitrogens with zero attached hydrogens (tertiary/aromatic N) is 4. The van der Waals surface area contributed by atoms with Gasteiger partial charge in [-0.2, -0.15) is 0 Å². The minimum atomic E-state index is -0.242. The Labute approximate surface area is 177 Å². The molecule has 9 heteroatoms. The van der Waals surface area contributed by atoms with Crippen molar-refractivity contribution in [3.8, 4) is 0 Å². The van der Waals surface area contributed by atoms with Gasteiger partial charge in [0.25, 0.3) is 11.5 Å². The molecule has 4 heterocycles. The van der Waals surface area contributed by atoms with E-state index in [-0.39, 0.29) is 11.5 Å². The normalized spacial score (nSPS) is 20.3. The number of carbonyl (C=O) groups is 1. The number of fused-ring (bicyclic) bond motifs is 1. The van der Waals surface area contributed by atoms with Gasteiger partial charge in [0.05, 0.1) is 22.3 Å². The standard InChI is InChI=1S/C20H25N5O2S2/c1-11-5-12(2)7-25(6-11)8-14-9-28-20(22-14)23-17(26)16-13(3)15-18(29-16)21-10-24(4)19(15)27/h9-12H,5-8H2,1-4H3,(H,22,23,26)/t11-,12-/m1/s1. The van der Waals surface area contributed by atoms with E-state index in [1.807, 2.05) is 5.38 Å². The number of thiophene rings is 1. The molecule has 7 nitrogen and oxygen atoms in total. The van der Waals surface area contributed by atoms with E-state index < -0.39 is 0 Å². The maximum absolute atomic E-state index is 12.8. The average molecular weight is 432 g/mol. The molecule has 0 aliphatic carbocycles. The predicted octanol–water partition coefficient (Wildman–Crippen LogP) is 3.49. The zero-order chi connectivity index (χ0) is 20.7. The first-order valence-electron chi connectivity index (χ1n) is 9.74. The van der Waals surface area contributed by atoms with Gasteiger partial charge >= 0.3 is 0 Å². The van der Waals surface area contributed by atoms with Crippen molar-refractivity contribution in [2.24, 2.45) is 18.9 Å². The predicted molar refractivity (Wildman–Crippen MR) is 118 cm³/mol. The molecule has 0 bridgehead atoms. The van der Waals surface area contributed by atoms with Gasteiger partial charge in [-0.15, -0.1) is 22.7 Å². The zero-order valence-corrected chi connectivity index (χ0v) is 18.7. The molecule has 1 aliphatic rings. The van der Waals surface area contributed by atoms with Crippen LogP contribution in [0.25, 0.3) is 10.2 Å². The number of likely N-dealkylation sites (tertiary alicyclic amines) is 1. The van der Waals surface area contributed by atoms with Crippen molar-refractivity contribution in [1.82, 2.24) is 19.4 Å². The fraction of sp³-hybridized carbons (Fsp3) is 0.500. The van der Waals surface area contributed by atoms with Crippen molar-refractivity contribution in [1.29, 1.82) is 0 Å². The number of rotatable bonds is 4. The molecule has 0 aromatic carbocycles. The summed E-state index contributed by atoms with van der Waals surface area (Å²) in [4.78, 5) is 37.6. The number of carbonyl (C=O) groups excluding carboxylic acids is 1. The van der Waals surface area contributed by atoms with Crippen molar-refractivity contribution >= 4 is 43.9 Å². The number of amides is 1. The summed E-state index contributed by atoms with van der Waals surface area (Å²) in [5.41, 5.74) is 1.52. The second-order valence-electron chi connectivity index (χ2n) is 8.14. The lowest BCUT2D eigenvalue weighted by Crippen LogP contribution is -2.38. The molecular weight excluding hydrogens is 406 g/mol. The molecule has 2 atom stereocenters. The molecule has 1 amide bonds. The fourth-order valence-electron chi connectivity index (χ4n) is 4.17. The first-order chi connectivity index (χ1) is 13.8. The molecule has 0 unspecified atom stereocenters. The van der Waals surface area contributed by atoms with Crippen molar-refractivity contribution in [3.63, 3.8) is 0 Å². The van der Waals surface area contributed by atoms with Crippen LogP contribution in [0.4, 0.5) is 5.13 Å². The first kappa shape index (κ1) is 20.2. The Morgan fingerprint density at radius 2 is 2.03 bits per heavy atom. The van der Waals surface area contributed by atoms with E-state index in [1.165, 1.54) is 40.0 Å². The number of hydrogen-bond acceptors (Lipinski definition) is 7. The number of piperidine rings is 1. The number of hydrogen-bond donors (Lipinski definition) is 1. The monoisotopic (exact) mass is 431 g/mol. The Kier molecular flexibility index (Phi) is 5.54. The van der Waals surface area contributed by atoms with Gasteiger partial charge in [0, 0.05) is 32.1 Å². The van der Waals surface area contributed by atoms with Crippen molar-refractivity contribution in [3.05, 3.63) is 38.2 Å².